The van der Waals surface area contributed by atoms with E-state index in [1.165, 1.54) is 32.1 Å². The molecule has 2 aliphatic rings. The van der Waals surface area contributed by atoms with Gasteiger partial charge >= 0.3 is 0 Å². The van der Waals surface area contributed by atoms with Gasteiger partial charge in [0, 0.05) is 10.5 Å². The molecular formula is C16H22BrNO2. The molecule has 1 fully saturated rings. The molecule has 0 saturated heterocycles. The highest BCUT2D eigenvalue weighted by Crippen LogP contribution is 2.39. The molecule has 2 N–H and O–H groups in total. The summed E-state index contributed by atoms with van der Waals surface area (Å²) in [6.45, 7) is 1.23. The first kappa shape index (κ1) is 14.2. The van der Waals surface area contributed by atoms with Gasteiger partial charge in [-0.05, 0) is 30.0 Å². The lowest BCUT2D eigenvalue weighted by molar-refractivity contribution is 0.171. The zero-order valence-electron chi connectivity index (χ0n) is 11.7. The van der Waals surface area contributed by atoms with Crippen molar-refractivity contribution in [3.63, 3.8) is 0 Å². The van der Waals surface area contributed by atoms with Gasteiger partial charge in [-0.1, -0.05) is 48.0 Å². The van der Waals surface area contributed by atoms with Crippen LogP contribution in [-0.2, 0) is 0 Å². The molecule has 4 heteroatoms. The molecule has 0 amide bonds. The zero-order chi connectivity index (χ0) is 13.9. The van der Waals surface area contributed by atoms with Crippen LogP contribution in [0.2, 0.25) is 0 Å². The van der Waals surface area contributed by atoms with Crippen LogP contribution >= 0.6 is 15.9 Å². The van der Waals surface area contributed by atoms with Crippen molar-refractivity contribution in [2.75, 3.05) is 13.2 Å². The van der Waals surface area contributed by atoms with E-state index in [9.17, 15) is 0 Å². The van der Waals surface area contributed by atoms with E-state index in [1.54, 1.807) is 0 Å². The first-order valence-electron chi connectivity index (χ1n) is 7.58. The van der Waals surface area contributed by atoms with Crippen molar-refractivity contribution in [1.29, 1.82) is 0 Å². The number of nitrogens with two attached hydrogens (primary N) is 1. The normalized spacial score (nSPS) is 20.7. The van der Waals surface area contributed by atoms with Gasteiger partial charge in [0.05, 0.1) is 0 Å². The number of benzene rings is 1. The average Bonchev–Trinajstić information content (AvgIpc) is 2.47. The summed E-state index contributed by atoms with van der Waals surface area (Å²) in [7, 11) is 0. The molecule has 1 aliphatic heterocycles. The van der Waals surface area contributed by atoms with Crippen molar-refractivity contribution in [2.45, 2.75) is 44.6 Å². The third-order valence-electron chi connectivity index (χ3n) is 4.37. The fraction of sp³-hybridized carbons (Fsp3) is 0.625. The summed E-state index contributed by atoms with van der Waals surface area (Å²) < 4.78 is 12.3. The Labute approximate surface area is 129 Å². The molecule has 0 radical (unpaired) electrons. The maximum atomic E-state index is 6.43. The molecular weight excluding hydrogens is 318 g/mol. The van der Waals surface area contributed by atoms with Crippen LogP contribution in [0.15, 0.2) is 16.6 Å². The van der Waals surface area contributed by atoms with E-state index in [4.69, 9.17) is 15.2 Å². The molecule has 1 unspecified atom stereocenters. The van der Waals surface area contributed by atoms with Gasteiger partial charge in [0.25, 0.3) is 0 Å². The second-order valence-corrected chi connectivity index (χ2v) is 6.72. The predicted octanol–water partition coefficient (Wildman–Crippen LogP) is 4.19. The SMILES string of the molecule is NC(CC1CCCCC1)c1cc2c(cc1Br)OCCO2. The Kier molecular flexibility index (Phi) is 4.51. The standard InChI is InChI=1S/C16H22BrNO2/c17-13-10-16-15(19-6-7-20-16)9-12(13)14(18)8-11-4-2-1-3-5-11/h9-11,14H,1-8,18H2. The number of rotatable bonds is 3. The van der Waals surface area contributed by atoms with E-state index < -0.39 is 0 Å². The Morgan fingerprint density at radius 1 is 1.10 bits per heavy atom. The van der Waals surface area contributed by atoms with Crippen molar-refractivity contribution >= 4 is 15.9 Å². The Bertz CT molecular complexity index is 472. The van der Waals surface area contributed by atoms with Gasteiger partial charge in [-0.15, -0.1) is 0 Å². The van der Waals surface area contributed by atoms with Crippen LogP contribution in [0.3, 0.4) is 0 Å². The maximum Gasteiger partial charge on any atom is 0.162 e. The minimum absolute atomic E-state index is 0.0725. The van der Waals surface area contributed by atoms with Crippen LogP contribution in [0.25, 0.3) is 0 Å². The molecule has 1 aromatic rings. The van der Waals surface area contributed by atoms with E-state index in [-0.39, 0.29) is 6.04 Å². The van der Waals surface area contributed by atoms with Gasteiger partial charge in [0.1, 0.15) is 13.2 Å². The fourth-order valence-electron chi connectivity index (χ4n) is 3.27. The van der Waals surface area contributed by atoms with E-state index in [0.29, 0.717) is 13.2 Å². The smallest absolute Gasteiger partial charge is 0.162 e. The van der Waals surface area contributed by atoms with Gasteiger partial charge < -0.3 is 15.2 Å². The number of hydrogen-bond acceptors (Lipinski definition) is 3. The molecule has 1 heterocycles. The highest BCUT2D eigenvalue weighted by Gasteiger charge is 2.22. The van der Waals surface area contributed by atoms with E-state index in [1.807, 2.05) is 12.1 Å². The quantitative estimate of drug-likeness (QED) is 0.897. The Balaban J connectivity index is 1.74. The van der Waals surface area contributed by atoms with Crippen molar-refractivity contribution < 1.29 is 9.47 Å². The van der Waals surface area contributed by atoms with Crippen molar-refractivity contribution in [2.24, 2.45) is 11.7 Å². The van der Waals surface area contributed by atoms with E-state index >= 15 is 0 Å². The molecule has 1 aliphatic carbocycles. The molecule has 20 heavy (non-hydrogen) atoms. The molecule has 3 rings (SSSR count). The lowest BCUT2D eigenvalue weighted by Crippen LogP contribution is -2.19. The van der Waals surface area contributed by atoms with Gasteiger partial charge in [-0.25, -0.2) is 0 Å². The van der Waals surface area contributed by atoms with Crippen LogP contribution < -0.4 is 15.2 Å². The summed E-state index contributed by atoms with van der Waals surface area (Å²) in [5, 5.41) is 0. The predicted molar refractivity (Wildman–Crippen MR) is 83.3 cm³/mol. The van der Waals surface area contributed by atoms with Crippen molar-refractivity contribution in [3.05, 3.63) is 22.2 Å². The highest BCUT2D eigenvalue weighted by atomic mass is 79.9. The lowest BCUT2D eigenvalue weighted by atomic mass is 9.83. The molecule has 3 nitrogen and oxygen atoms in total. The van der Waals surface area contributed by atoms with Gasteiger partial charge in [0.15, 0.2) is 11.5 Å². The topological polar surface area (TPSA) is 44.5 Å². The van der Waals surface area contributed by atoms with Crippen molar-refractivity contribution in [1.82, 2.24) is 0 Å². The van der Waals surface area contributed by atoms with E-state index in [2.05, 4.69) is 15.9 Å². The van der Waals surface area contributed by atoms with Crippen LogP contribution in [-0.4, -0.2) is 13.2 Å². The van der Waals surface area contributed by atoms with Gasteiger partial charge in [-0.2, -0.15) is 0 Å². The van der Waals surface area contributed by atoms with Gasteiger partial charge in [-0.3, -0.25) is 0 Å². The van der Waals surface area contributed by atoms with Gasteiger partial charge in [0.2, 0.25) is 0 Å². The molecule has 110 valence electrons. The third-order valence-corrected chi connectivity index (χ3v) is 5.06. The summed E-state index contributed by atoms with van der Waals surface area (Å²) >= 11 is 3.63. The largest absolute Gasteiger partial charge is 0.486 e. The van der Waals surface area contributed by atoms with Crippen LogP contribution in [0.1, 0.15) is 50.1 Å². The Morgan fingerprint density at radius 2 is 1.75 bits per heavy atom. The monoisotopic (exact) mass is 339 g/mol. The minimum Gasteiger partial charge on any atom is -0.486 e. The summed E-state index contributed by atoms with van der Waals surface area (Å²) in [4.78, 5) is 0. The second-order valence-electron chi connectivity index (χ2n) is 5.86. The second kappa shape index (κ2) is 6.35. The summed E-state index contributed by atoms with van der Waals surface area (Å²) in [5.41, 5.74) is 7.57. The Morgan fingerprint density at radius 3 is 2.45 bits per heavy atom. The molecule has 0 bridgehead atoms. The third kappa shape index (κ3) is 3.12. The Hall–Kier alpha value is -0.740. The molecule has 1 saturated carbocycles. The lowest BCUT2D eigenvalue weighted by Gasteiger charge is -2.26. The highest BCUT2D eigenvalue weighted by molar-refractivity contribution is 9.10. The molecule has 0 aromatic heterocycles. The number of halogens is 1. The first-order chi connectivity index (χ1) is 9.74. The summed E-state index contributed by atoms with van der Waals surface area (Å²) in [6, 6.07) is 4.11. The summed E-state index contributed by atoms with van der Waals surface area (Å²) in [6.07, 6.45) is 7.84. The van der Waals surface area contributed by atoms with Crippen molar-refractivity contribution in [3.8, 4) is 11.5 Å². The summed E-state index contributed by atoms with van der Waals surface area (Å²) in [5.74, 6) is 2.42. The van der Waals surface area contributed by atoms with Crippen LogP contribution in [0, 0.1) is 5.92 Å². The van der Waals surface area contributed by atoms with Crippen LogP contribution in [0.5, 0.6) is 11.5 Å². The number of fused-ring (bicyclic) bond motifs is 1. The minimum atomic E-state index is 0.0725. The first-order valence-corrected chi connectivity index (χ1v) is 8.38. The van der Waals surface area contributed by atoms with E-state index in [0.717, 1.165) is 33.9 Å². The average molecular weight is 340 g/mol. The van der Waals surface area contributed by atoms with Crippen LogP contribution in [0.4, 0.5) is 0 Å². The fourth-order valence-corrected chi connectivity index (χ4v) is 3.89. The molecule has 0 spiro atoms. The zero-order valence-corrected chi connectivity index (χ0v) is 13.3. The molecule has 1 atom stereocenters. The maximum absolute atomic E-state index is 6.43. The number of hydrogen-bond donors (Lipinski definition) is 1. The molecule has 1 aromatic carbocycles. The number of ether oxygens (including phenoxy) is 2.